The maximum Gasteiger partial charge on any atom is 0.324 e. The fraction of sp³-hybridized carbons (Fsp3) is 0.471. The number of anilines is 1. The van der Waals surface area contributed by atoms with Crippen molar-refractivity contribution >= 4 is 28.4 Å². The fourth-order valence-electron chi connectivity index (χ4n) is 3.16. The molecule has 2 aromatic rings. The van der Waals surface area contributed by atoms with Crippen LogP contribution in [0.15, 0.2) is 12.3 Å². The Labute approximate surface area is 155 Å². The first kappa shape index (κ1) is 18.2. The van der Waals surface area contributed by atoms with Gasteiger partial charge in [-0.2, -0.15) is 0 Å². The molecule has 0 radical (unpaired) electrons. The topological polar surface area (TPSA) is 114 Å². The number of nitrogens with one attached hydrogen (secondary N) is 1. The molecular weight excluding hydrogens is 352 g/mol. The number of carbonyl (C=O) groups is 2. The van der Waals surface area contributed by atoms with E-state index in [1.54, 1.807) is 6.20 Å². The van der Waals surface area contributed by atoms with Crippen molar-refractivity contribution in [3.05, 3.63) is 23.8 Å². The molecule has 1 saturated heterocycles. The summed E-state index contributed by atoms with van der Waals surface area (Å²) < 4.78 is 0. The van der Waals surface area contributed by atoms with E-state index in [0.717, 1.165) is 34.9 Å². The minimum absolute atomic E-state index is 0.0559. The van der Waals surface area contributed by atoms with Crippen molar-refractivity contribution in [3.63, 3.8) is 0 Å². The van der Waals surface area contributed by atoms with Gasteiger partial charge in [-0.05, 0) is 25.3 Å². The normalized spacial score (nSPS) is 19.6. The van der Waals surface area contributed by atoms with Crippen LogP contribution in [0.5, 0.6) is 0 Å². The van der Waals surface area contributed by atoms with E-state index < -0.39 is 11.9 Å². The molecule has 138 valence electrons. The van der Waals surface area contributed by atoms with Gasteiger partial charge in [0.2, 0.25) is 5.91 Å². The Hall–Kier alpha value is -2.55. The number of urea groups is 1. The first-order valence-electron chi connectivity index (χ1n) is 8.57. The number of carbonyl (C=O) groups excluding carboxylic acids is 2. The Morgan fingerprint density at radius 1 is 1.42 bits per heavy atom. The number of nitrogens with two attached hydrogens (primary N) is 1. The Morgan fingerprint density at radius 2 is 2.19 bits per heavy atom. The molecule has 26 heavy (non-hydrogen) atoms. The quantitative estimate of drug-likeness (QED) is 0.851. The third-order valence-electron chi connectivity index (χ3n) is 4.52. The summed E-state index contributed by atoms with van der Waals surface area (Å²) in [5, 5.41) is 3.27. The van der Waals surface area contributed by atoms with Gasteiger partial charge in [-0.3, -0.25) is 10.1 Å². The second-order valence-corrected chi connectivity index (χ2v) is 7.38. The van der Waals surface area contributed by atoms with E-state index in [-0.39, 0.29) is 11.9 Å². The number of nitrogens with zero attached hydrogens (tertiary/aromatic N) is 4. The molecule has 8 nitrogen and oxygen atoms in total. The van der Waals surface area contributed by atoms with E-state index >= 15 is 0 Å². The van der Waals surface area contributed by atoms with Gasteiger partial charge in [0, 0.05) is 19.2 Å². The van der Waals surface area contributed by atoms with Crippen molar-refractivity contribution in [3.8, 4) is 10.6 Å². The van der Waals surface area contributed by atoms with Gasteiger partial charge in [-0.25, -0.2) is 19.7 Å². The van der Waals surface area contributed by atoms with Crippen LogP contribution in [-0.4, -0.2) is 44.4 Å². The maximum atomic E-state index is 12.6. The van der Waals surface area contributed by atoms with Gasteiger partial charge >= 0.3 is 6.03 Å². The summed E-state index contributed by atoms with van der Waals surface area (Å²) in [4.78, 5) is 39.8. The molecule has 0 bridgehead atoms. The highest BCUT2D eigenvalue weighted by Crippen LogP contribution is 2.32. The number of hydrogen-bond acceptors (Lipinski definition) is 6. The van der Waals surface area contributed by atoms with Crippen molar-refractivity contribution in [2.24, 2.45) is 11.7 Å². The van der Waals surface area contributed by atoms with Crippen LogP contribution in [0.3, 0.4) is 0 Å². The first-order valence-corrected chi connectivity index (χ1v) is 9.39. The van der Waals surface area contributed by atoms with Gasteiger partial charge in [-0.15, -0.1) is 0 Å². The molecule has 3 N–H and O–H groups in total. The van der Waals surface area contributed by atoms with Crippen LogP contribution in [0.4, 0.5) is 9.93 Å². The van der Waals surface area contributed by atoms with Gasteiger partial charge in [0.25, 0.3) is 0 Å². The molecule has 9 heteroatoms. The van der Waals surface area contributed by atoms with E-state index in [2.05, 4.69) is 20.3 Å². The monoisotopic (exact) mass is 374 g/mol. The van der Waals surface area contributed by atoms with Crippen LogP contribution >= 0.6 is 11.3 Å². The lowest BCUT2D eigenvalue weighted by atomic mass is 10.0. The van der Waals surface area contributed by atoms with Crippen LogP contribution in [-0.2, 0) is 11.2 Å². The van der Waals surface area contributed by atoms with Crippen molar-refractivity contribution in [1.82, 2.24) is 19.9 Å². The van der Waals surface area contributed by atoms with Crippen LogP contribution in [0.1, 0.15) is 31.8 Å². The molecule has 3 heterocycles. The summed E-state index contributed by atoms with van der Waals surface area (Å²) >= 11 is 1.35. The molecule has 0 saturated carbocycles. The molecule has 1 aliphatic heterocycles. The number of hydrogen-bond donors (Lipinski definition) is 2. The number of thiazole rings is 1. The molecule has 1 aliphatic rings. The summed E-state index contributed by atoms with van der Waals surface area (Å²) in [6.45, 7) is 6.30. The predicted octanol–water partition coefficient (Wildman–Crippen LogP) is 2.20. The molecule has 0 aliphatic carbocycles. The summed E-state index contributed by atoms with van der Waals surface area (Å²) in [5.74, 6) is 0.339. The molecule has 3 amide bonds. The van der Waals surface area contributed by atoms with E-state index in [0.29, 0.717) is 11.7 Å². The second kappa shape index (κ2) is 7.36. The van der Waals surface area contributed by atoms with Crippen LogP contribution in [0.2, 0.25) is 0 Å². The highest BCUT2D eigenvalue weighted by molar-refractivity contribution is 7.19. The van der Waals surface area contributed by atoms with Gasteiger partial charge < -0.3 is 10.6 Å². The Balaban J connectivity index is 1.79. The average Bonchev–Trinajstić information content (AvgIpc) is 3.17. The zero-order chi connectivity index (χ0) is 18.8. The van der Waals surface area contributed by atoms with Crippen LogP contribution < -0.4 is 11.1 Å². The first-order chi connectivity index (χ1) is 12.4. The Morgan fingerprint density at radius 3 is 2.88 bits per heavy atom. The Bertz CT molecular complexity index is 836. The van der Waals surface area contributed by atoms with Gasteiger partial charge in [-0.1, -0.05) is 25.2 Å². The number of amides is 3. The number of aromatic nitrogens is 3. The number of rotatable bonds is 4. The van der Waals surface area contributed by atoms with E-state index in [9.17, 15) is 9.59 Å². The lowest BCUT2D eigenvalue weighted by Crippen LogP contribution is -2.47. The molecule has 1 fully saturated rings. The highest BCUT2D eigenvalue weighted by atomic mass is 32.1. The van der Waals surface area contributed by atoms with Crippen LogP contribution in [0.25, 0.3) is 10.6 Å². The lowest BCUT2D eigenvalue weighted by molar-refractivity contribution is -0.122. The molecule has 0 spiro atoms. The SMILES string of the molecule is CCc1nccc(-c2sc(NC(=O)N3CC[C@H](C)[C@H]3C(N)=O)nc2C)n1. The third-order valence-corrected chi connectivity index (χ3v) is 5.61. The van der Waals surface area contributed by atoms with E-state index in [4.69, 9.17) is 5.73 Å². The summed E-state index contributed by atoms with van der Waals surface area (Å²) in [7, 11) is 0. The van der Waals surface area contributed by atoms with Gasteiger partial charge in [0.05, 0.1) is 16.3 Å². The highest BCUT2D eigenvalue weighted by Gasteiger charge is 2.38. The minimum atomic E-state index is -0.579. The standard InChI is InChI=1S/C17H22N6O2S/c1-4-12-19-7-5-11(21-12)14-10(3)20-16(26-14)22-17(25)23-8-6-9(2)13(23)15(18)24/h5,7,9,13H,4,6,8H2,1-3H3,(H2,18,24)(H,20,22,25)/t9-,13-/m0/s1. The van der Waals surface area contributed by atoms with Crippen molar-refractivity contribution < 1.29 is 9.59 Å². The molecule has 2 atom stereocenters. The van der Waals surface area contributed by atoms with Crippen molar-refractivity contribution in [2.45, 2.75) is 39.7 Å². The Kier molecular flexibility index (Phi) is 5.17. The molecular formula is C17H22N6O2S. The number of primary amides is 1. The van der Waals surface area contributed by atoms with E-state index in [1.807, 2.05) is 26.8 Å². The van der Waals surface area contributed by atoms with Crippen molar-refractivity contribution in [2.75, 3.05) is 11.9 Å². The summed E-state index contributed by atoms with van der Waals surface area (Å²) in [5.41, 5.74) is 7.03. The molecule has 2 aromatic heterocycles. The molecule has 0 unspecified atom stereocenters. The summed E-state index contributed by atoms with van der Waals surface area (Å²) in [6.07, 6.45) is 3.22. The van der Waals surface area contributed by atoms with E-state index in [1.165, 1.54) is 16.2 Å². The minimum Gasteiger partial charge on any atom is -0.368 e. The van der Waals surface area contributed by atoms with Gasteiger partial charge in [0.15, 0.2) is 5.13 Å². The van der Waals surface area contributed by atoms with Crippen molar-refractivity contribution in [1.29, 1.82) is 0 Å². The van der Waals surface area contributed by atoms with Gasteiger partial charge in [0.1, 0.15) is 11.9 Å². The number of likely N-dealkylation sites (tertiary alicyclic amines) is 1. The zero-order valence-electron chi connectivity index (χ0n) is 15.0. The summed E-state index contributed by atoms with van der Waals surface area (Å²) in [6, 6.07) is 0.899. The second-order valence-electron chi connectivity index (χ2n) is 6.38. The number of aryl methyl sites for hydroxylation is 2. The molecule has 3 rings (SSSR count). The third kappa shape index (κ3) is 3.52. The maximum absolute atomic E-state index is 12.6. The van der Waals surface area contributed by atoms with Crippen LogP contribution in [0, 0.1) is 12.8 Å². The zero-order valence-corrected chi connectivity index (χ0v) is 15.8. The molecule has 0 aromatic carbocycles. The predicted molar refractivity (Wildman–Crippen MR) is 99.7 cm³/mol. The average molecular weight is 374 g/mol. The largest absolute Gasteiger partial charge is 0.368 e. The smallest absolute Gasteiger partial charge is 0.324 e. The lowest BCUT2D eigenvalue weighted by Gasteiger charge is -2.23. The fourth-order valence-corrected chi connectivity index (χ4v) is 4.08.